The van der Waals surface area contributed by atoms with Crippen LogP contribution in [0.3, 0.4) is 0 Å². The molecule has 2 rings (SSSR count). The van der Waals surface area contributed by atoms with Crippen LogP contribution in [0, 0.1) is 0 Å². The Morgan fingerprint density at radius 2 is 2.12 bits per heavy atom. The van der Waals surface area contributed by atoms with Gasteiger partial charge in [-0.25, -0.2) is 4.79 Å². The third kappa shape index (κ3) is 2.58. The first-order valence-corrected chi connectivity index (χ1v) is 5.78. The van der Waals surface area contributed by atoms with Crippen molar-refractivity contribution in [3.8, 4) is 0 Å². The van der Waals surface area contributed by atoms with Gasteiger partial charge in [-0.15, -0.1) is 0 Å². The molecule has 1 heterocycles. The lowest BCUT2D eigenvalue weighted by atomic mass is 9.88. The van der Waals surface area contributed by atoms with Crippen molar-refractivity contribution in [1.29, 1.82) is 0 Å². The third-order valence-corrected chi connectivity index (χ3v) is 3.14. The van der Waals surface area contributed by atoms with Crippen molar-refractivity contribution in [2.45, 2.75) is 18.8 Å². The Bertz CT molecular complexity index is 411. The number of nitrogens with two attached hydrogens (primary N) is 1. The molecule has 1 aromatic rings. The van der Waals surface area contributed by atoms with Gasteiger partial charge in [0.15, 0.2) is 0 Å². The highest BCUT2D eigenvalue weighted by atomic mass is 16.5. The molecule has 0 aromatic heterocycles. The first-order valence-electron chi connectivity index (χ1n) is 5.78. The Balaban J connectivity index is 2.35. The van der Waals surface area contributed by atoms with Crippen molar-refractivity contribution in [1.82, 2.24) is 0 Å². The molecule has 4 heteroatoms. The Morgan fingerprint density at radius 1 is 1.41 bits per heavy atom. The predicted molar refractivity (Wildman–Crippen MR) is 65.0 cm³/mol. The number of nitrogen functional groups attached to an aromatic ring is 1. The zero-order valence-electron chi connectivity index (χ0n) is 9.94. The third-order valence-electron chi connectivity index (χ3n) is 3.14. The van der Waals surface area contributed by atoms with Crippen molar-refractivity contribution in [3.05, 3.63) is 29.3 Å². The van der Waals surface area contributed by atoms with Crippen LogP contribution in [0.15, 0.2) is 18.2 Å². The summed E-state index contributed by atoms with van der Waals surface area (Å²) in [6, 6.07) is 5.35. The highest BCUT2D eigenvalue weighted by Gasteiger charge is 2.22. The fourth-order valence-corrected chi connectivity index (χ4v) is 2.22. The lowest BCUT2D eigenvalue weighted by Crippen LogP contribution is -2.17. The highest BCUT2D eigenvalue weighted by molar-refractivity contribution is 5.91. The number of carbonyl (C=O) groups excluding carboxylic acids is 1. The lowest BCUT2D eigenvalue weighted by Gasteiger charge is -2.24. The molecule has 1 fully saturated rings. The molecule has 1 aromatic carbocycles. The Kier molecular flexibility index (Phi) is 3.64. The molecule has 0 saturated carbocycles. The Morgan fingerprint density at radius 3 is 2.76 bits per heavy atom. The van der Waals surface area contributed by atoms with Gasteiger partial charge in [-0.3, -0.25) is 0 Å². The van der Waals surface area contributed by atoms with E-state index in [0.29, 0.717) is 17.2 Å². The molecule has 1 saturated heterocycles. The number of rotatable bonds is 2. The number of ether oxygens (including phenoxy) is 2. The second-order valence-electron chi connectivity index (χ2n) is 4.22. The van der Waals surface area contributed by atoms with Crippen molar-refractivity contribution in [2.24, 2.45) is 0 Å². The van der Waals surface area contributed by atoms with E-state index in [1.165, 1.54) is 7.11 Å². The molecule has 1 aliphatic rings. The number of methoxy groups -OCH3 is 1. The fraction of sp³-hybridized carbons (Fsp3) is 0.462. The topological polar surface area (TPSA) is 61.5 Å². The Labute approximate surface area is 101 Å². The van der Waals surface area contributed by atoms with Crippen LogP contribution in [0.4, 0.5) is 5.69 Å². The number of hydrogen-bond donors (Lipinski definition) is 1. The maximum absolute atomic E-state index is 11.7. The summed E-state index contributed by atoms with van der Waals surface area (Å²) in [5.74, 6) is 0.0350. The van der Waals surface area contributed by atoms with Gasteiger partial charge in [0.25, 0.3) is 0 Å². The molecule has 0 spiro atoms. The molecule has 0 aliphatic carbocycles. The quantitative estimate of drug-likeness (QED) is 0.628. The lowest BCUT2D eigenvalue weighted by molar-refractivity contribution is 0.0592. The summed E-state index contributed by atoms with van der Waals surface area (Å²) < 4.78 is 10.1. The highest BCUT2D eigenvalue weighted by Crippen LogP contribution is 2.31. The van der Waals surface area contributed by atoms with E-state index in [4.69, 9.17) is 15.2 Å². The van der Waals surface area contributed by atoms with Crippen LogP contribution in [-0.4, -0.2) is 26.3 Å². The van der Waals surface area contributed by atoms with E-state index in [-0.39, 0.29) is 5.97 Å². The summed E-state index contributed by atoms with van der Waals surface area (Å²) in [6.07, 6.45) is 1.85. The molecule has 2 N–H and O–H groups in total. The first kappa shape index (κ1) is 11.9. The van der Waals surface area contributed by atoms with Crippen LogP contribution in [-0.2, 0) is 9.47 Å². The standard InChI is InChI=1S/C13H17NO3/c1-16-13(15)11-3-2-10(14)8-12(11)9-4-6-17-7-5-9/h2-3,8-9H,4-7,14H2,1H3. The summed E-state index contributed by atoms with van der Waals surface area (Å²) in [6.45, 7) is 1.47. The number of carbonyl (C=O) groups is 1. The minimum Gasteiger partial charge on any atom is -0.465 e. The van der Waals surface area contributed by atoms with Gasteiger partial charge in [0, 0.05) is 18.9 Å². The molecule has 4 nitrogen and oxygen atoms in total. The van der Waals surface area contributed by atoms with Crippen LogP contribution in [0.1, 0.15) is 34.7 Å². The zero-order chi connectivity index (χ0) is 12.3. The summed E-state index contributed by atoms with van der Waals surface area (Å²) >= 11 is 0. The summed E-state index contributed by atoms with van der Waals surface area (Å²) in [5, 5.41) is 0. The van der Waals surface area contributed by atoms with Crippen molar-refractivity contribution in [3.63, 3.8) is 0 Å². The summed E-state index contributed by atoms with van der Waals surface area (Å²) in [4.78, 5) is 11.7. The van der Waals surface area contributed by atoms with Gasteiger partial charge in [-0.05, 0) is 42.5 Å². The van der Waals surface area contributed by atoms with Gasteiger partial charge in [-0.1, -0.05) is 0 Å². The zero-order valence-corrected chi connectivity index (χ0v) is 9.94. The molecule has 17 heavy (non-hydrogen) atoms. The minimum atomic E-state index is -0.300. The largest absolute Gasteiger partial charge is 0.465 e. The normalized spacial score (nSPS) is 16.8. The number of benzene rings is 1. The van der Waals surface area contributed by atoms with Crippen molar-refractivity contribution < 1.29 is 14.3 Å². The summed E-state index contributed by atoms with van der Waals surface area (Å²) in [7, 11) is 1.40. The van der Waals surface area contributed by atoms with Gasteiger partial charge in [0.05, 0.1) is 12.7 Å². The second kappa shape index (κ2) is 5.19. The second-order valence-corrected chi connectivity index (χ2v) is 4.22. The number of anilines is 1. The maximum atomic E-state index is 11.7. The molecule has 92 valence electrons. The average molecular weight is 235 g/mol. The van der Waals surface area contributed by atoms with Gasteiger partial charge >= 0.3 is 5.97 Å². The van der Waals surface area contributed by atoms with E-state index in [1.807, 2.05) is 6.07 Å². The molecule has 0 unspecified atom stereocenters. The molecular formula is C13H17NO3. The van der Waals surface area contributed by atoms with Crippen LogP contribution >= 0.6 is 0 Å². The summed E-state index contributed by atoms with van der Waals surface area (Å²) in [5.41, 5.74) is 8.08. The van der Waals surface area contributed by atoms with Crippen molar-refractivity contribution >= 4 is 11.7 Å². The molecular weight excluding hydrogens is 218 g/mol. The maximum Gasteiger partial charge on any atom is 0.338 e. The predicted octanol–water partition coefficient (Wildman–Crippen LogP) is 1.95. The minimum absolute atomic E-state index is 0.300. The van der Waals surface area contributed by atoms with E-state index in [1.54, 1.807) is 12.1 Å². The number of esters is 1. The van der Waals surface area contributed by atoms with Crippen LogP contribution < -0.4 is 5.73 Å². The van der Waals surface area contributed by atoms with Gasteiger partial charge in [0.1, 0.15) is 0 Å². The van der Waals surface area contributed by atoms with E-state index in [9.17, 15) is 4.79 Å². The van der Waals surface area contributed by atoms with Crippen molar-refractivity contribution in [2.75, 3.05) is 26.1 Å². The molecule has 0 bridgehead atoms. The van der Waals surface area contributed by atoms with E-state index in [2.05, 4.69) is 0 Å². The van der Waals surface area contributed by atoms with E-state index >= 15 is 0 Å². The van der Waals surface area contributed by atoms with Crippen LogP contribution in [0.5, 0.6) is 0 Å². The van der Waals surface area contributed by atoms with E-state index in [0.717, 1.165) is 31.6 Å². The molecule has 1 aliphatic heterocycles. The van der Waals surface area contributed by atoms with E-state index < -0.39 is 0 Å². The fourth-order valence-electron chi connectivity index (χ4n) is 2.22. The first-order chi connectivity index (χ1) is 8.22. The number of hydrogen-bond acceptors (Lipinski definition) is 4. The smallest absolute Gasteiger partial charge is 0.338 e. The molecule has 0 radical (unpaired) electrons. The van der Waals surface area contributed by atoms with Gasteiger partial charge < -0.3 is 15.2 Å². The molecule has 0 atom stereocenters. The Hall–Kier alpha value is -1.55. The average Bonchev–Trinajstić information content (AvgIpc) is 2.39. The SMILES string of the molecule is COC(=O)c1ccc(N)cc1C1CCOCC1. The van der Waals surface area contributed by atoms with Gasteiger partial charge in [0.2, 0.25) is 0 Å². The van der Waals surface area contributed by atoms with Gasteiger partial charge in [-0.2, -0.15) is 0 Å². The molecule has 0 amide bonds. The van der Waals surface area contributed by atoms with Crippen LogP contribution in [0.2, 0.25) is 0 Å². The van der Waals surface area contributed by atoms with Crippen LogP contribution in [0.25, 0.3) is 0 Å². The monoisotopic (exact) mass is 235 g/mol.